The van der Waals surface area contributed by atoms with Crippen molar-refractivity contribution >= 4 is 28.0 Å². The largest absolute Gasteiger partial charge is 0.461 e. The molecule has 0 radical (unpaired) electrons. The Balaban J connectivity index is 2.27. The van der Waals surface area contributed by atoms with Gasteiger partial charge in [0.1, 0.15) is 10.0 Å². The molecule has 6 nitrogen and oxygen atoms in total. The lowest BCUT2D eigenvalue weighted by atomic mass is 10.4. The molecule has 0 spiro atoms. The van der Waals surface area contributed by atoms with E-state index < -0.39 is 5.97 Å². The van der Waals surface area contributed by atoms with Gasteiger partial charge in [-0.15, -0.1) is 0 Å². The van der Waals surface area contributed by atoms with E-state index in [9.17, 15) is 4.79 Å². The molecule has 0 aliphatic rings. The highest BCUT2D eigenvalue weighted by Crippen LogP contribution is 2.28. The monoisotopic (exact) mass is 293 g/mol. The lowest BCUT2D eigenvalue weighted by Gasteiger charge is -2.04. The quantitative estimate of drug-likeness (QED) is 0.825. The summed E-state index contributed by atoms with van der Waals surface area (Å²) in [7, 11) is 1.58. The molecule has 7 heteroatoms. The average molecular weight is 293 g/mol. The van der Waals surface area contributed by atoms with Gasteiger partial charge in [-0.25, -0.2) is 9.78 Å². The standard InChI is InChI=1S/C13H15N3O3S/c1-3-19-13(17)11-12(20-10(16-11)8-18-2)15-9-5-4-6-14-7-9/h4-7,15H,3,8H2,1-2H3. The van der Waals surface area contributed by atoms with Crippen molar-refractivity contribution in [1.29, 1.82) is 0 Å². The van der Waals surface area contributed by atoms with E-state index in [0.717, 1.165) is 5.69 Å². The minimum Gasteiger partial charge on any atom is -0.461 e. The van der Waals surface area contributed by atoms with Crippen molar-refractivity contribution in [1.82, 2.24) is 9.97 Å². The van der Waals surface area contributed by atoms with Crippen LogP contribution in [0, 0.1) is 0 Å². The lowest BCUT2D eigenvalue weighted by Crippen LogP contribution is -2.07. The van der Waals surface area contributed by atoms with Crippen molar-refractivity contribution in [2.45, 2.75) is 13.5 Å². The molecule has 0 amide bonds. The summed E-state index contributed by atoms with van der Waals surface area (Å²) in [4.78, 5) is 20.2. The molecule has 2 aromatic rings. The number of methoxy groups -OCH3 is 1. The van der Waals surface area contributed by atoms with Crippen LogP contribution in [0.5, 0.6) is 0 Å². The fourth-order valence-electron chi connectivity index (χ4n) is 1.54. The molecule has 0 bridgehead atoms. The summed E-state index contributed by atoms with van der Waals surface area (Å²) >= 11 is 1.36. The van der Waals surface area contributed by atoms with Gasteiger partial charge in [-0.1, -0.05) is 11.3 Å². The zero-order valence-corrected chi connectivity index (χ0v) is 12.1. The Morgan fingerprint density at radius 3 is 3.00 bits per heavy atom. The summed E-state index contributed by atoms with van der Waals surface area (Å²) in [5.74, 6) is -0.447. The Bertz CT molecular complexity index is 571. The molecule has 2 aromatic heterocycles. The Labute approximate surface area is 120 Å². The van der Waals surface area contributed by atoms with Gasteiger partial charge < -0.3 is 14.8 Å². The molecule has 0 saturated carbocycles. The molecule has 106 valence electrons. The number of hydrogen-bond acceptors (Lipinski definition) is 7. The summed E-state index contributed by atoms with van der Waals surface area (Å²) in [5, 5.41) is 4.47. The number of rotatable bonds is 6. The number of hydrogen-bond donors (Lipinski definition) is 1. The maximum absolute atomic E-state index is 11.9. The number of carbonyl (C=O) groups excluding carboxylic acids is 1. The average Bonchev–Trinajstić information content (AvgIpc) is 2.83. The second-order valence-electron chi connectivity index (χ2n) is 3.81. The minimum absolute atomic E-state index is 0.271. The molecule has 20 heavy (non-hydrogen) atoms. The first kappa shape index (κ1) is 14.4. The summed E-state index contributed by atoms with van der Waals surface area (Å²) in [6.45, 7) is 2.42. The van der Waals surface area contributed by atoms with Gasteiger partial charge in [0.05, 0.1) is 25.1 Å². The van der Waals surface area contributed by atoms with Gasteiger partial charge in [-0.05, 0) is 19.1 Å². The van der Waals surface area contributed by atoms with E-state index in [1.807, 2.05) is 12.1 Å². The van der Waals surface area contributed by atoms with Crippen LogP contribution in [0.25, 0.3) is 0 Å². The van der Waals surface area contributed by atoms with E-state index in [0.29, 0.717) is 23.2 Å². The van der Waals surface area contributed by atoms with Crippen LogP contribution in [-0.2, 0) is 16.1 Å². The fraction of sp³-hybridized carbons (Fsp3) is 0.308. The van der Waals surface area contributed by atoms with Crippen molar-refractivity contribution in [2.24, 2.45) is 0 Å². The molecule has 0 fully saturated rings. The molecule has 0 aliphatic heterocycles. The van der Waals surface area contributed by atoms with Crippen LogP contribution in [0.2, 0.25) is 0 Å². The second-order valence-corrected chi connectivity index (χ2v) is 4.89. The normalized spacial score (nSPS) is 10.3. The van der Waals surface area contributed by atoms with Crippen molar-refractivity contribution in [3.05, 3.63) is 35.2 Å². The van der Waals surface area contributed by atoms with Crippen molar-refractivity contribution in [2.75, 3.05) is 19.0 Å². The van der Waals surface area contributed by atoms with Gasteiger partial charge in [0.2, 0.25) is 0 Å². The molecule has 2 heterocycles. The Hall–Kier alpha value is -1.99. The third-order valence-electron chi connectivity index (χ3n) is 2.33. The van der Waals surface area contributed by atoms with Gasteiger partial charge >= 0.3 is 5.97 Å². The van der Waals surface area contributed by atoms with Crippen LogP contribution in [0.4, 0.5) is 10.7 Å². The number of aromatic nitrogens is 2. The Morgan fingerprint density at radius 2 is 2.35 bits per heavy atom. The summed E-state index contributed by atoms with van der Waals surface area (Å²) in [6.07, 6.45) is 3.35. The highest BCUT2D eigenvalue weighted by molar-refractivity contribution is 7.16. The summed E-state index contributed by atoms with van der Waals surface area (Å²) in [5.41, 5.74) is 1.05. The van der Waals surface area contributed by atoms with E-state index in [1.165, 1.54) is 11.3 Å². The first-order valence-electron chi connectivity index (χ1n) is 6.07. The molecule has 2 rings (SSSR count). The van der Waals surface area contributed by atoms with Crippen LogP contribution in [0.15, 0.2) is 24.5 Å². The Kier molecular flexibility index (Phi) is 5.03. The van der Waals surface area contributed by atoms with Crippen LogP contribution in [-0.4, -0.2) is 29.7 Å². The molecule has 0 aliphatic carbocycles. The number of nitrogens with one attached hydrogen (secondary N) is 1. The number of anilines is 2. The first-order valence-corrected chi connectivity index (χ1v) is 6.89. The maximum atomic E-state index is 11.9. The summed E-state index contributed by atoms with van der Waals surface area (Å²) < 4.78 is 10.0. The van der Waals surface area contributed by atoms with E-state index in [1.54, 1.807) is 26.4 Å². The number of nitrogens with zero attached hydrogens (tertiary/aromatic N) is 2. The summed E-state index contributed by atoms with van der Waals surface area (Å²) in [6, 6.07) is 3.67. The van der Waals surface area contributed by atoms with Gasteiger partial charge in [0, 0.05) is 13.3 Å². The molecule has 0 saturated heterocycles. The van der Waals surface area contributed by atoms with E-state index in [4.69, 9.17) is 9.47 Å². The third kappa shape index (κ3) is 3.52. The zero-order chi connectivity index (χ0) is 14.4. The predicted molar refractivity (Wildman–Crippen MR) is 76.3 cm³/mol. The molecule has 1 N–H and O–H groups in total. The van der Waals surface area contributed by atoms with Crippen LogP contribution < -0.4 is 5.32 Å². The van der Waals surface area contributed by atoms with Gasteiger partial charge in [-0.2, -0.15) is 0 Å². The number of carbonyl (C=O) groups is 1. The second kappa shape index (κ2) is 6.97. The number of ether oxygens (including phenoxy) is 2. The highest BCUT2D eigenvalue weighted by atomic mass is 32.1. The van der Waals surface area contributed by atoms with Crippen LogP contribution in [0.1, 0.15) is 22.4 Å². The molecule has 0 unspecified atom stereocenters. The Morgan fingerprint density at radius 1 is 1.50 bits per heavy atom. The number of esters is 1. The molecule has 0 atom stereocenters. The zero-order valence-electron chi connectivity index (χ0n) is 11.3. The SMILES string of the molecule is CCOC(=O)c1nc(COC)sc1Nc1cccnc1. The fourth-order valence-corrected chi connectivity index (χ4v) is 2.48. The maximum Gasteiger partial charge on any atom is 0.360 e. The van der Waals surface area contributed by atoms with Crippen molar-refractivity contribution in [3.63, 3.8) is 0 Å². The van der Waals surface area contributed by atoms with E-state index >= 15 is 0 Å². The van der Waals surface area contributed by atoms with Crippen molar-refractivity contribution < 1.29 is 14.3 Å². The lowest BCUT2D eigenvalue weighted by molar-refractivity contribution is 0.0521. The minimum atomic E-state index is -0.447. The first-order chi connectivity index (χ1) is 9.74. The van der Waals surface area contributed by atoms with E-state index in [-0.39, 0.29) is 5.69 Å². The number of thiazole rings is 1. The predicted octanol–water partition coefficient (Wildman–Crippen LogP) is 2.60. The van der Waals surface area contributed by atoms with Crippen molar-refractivity contribution in [3.8, 4) is 0 Å². The smallest absolute Gasteiger partial charge is 0.360 e. The topological polar surface area (TPSA) is 73.3 Å². The van der Waals surface area contributed by atoms with Gasteiger partial charge in [-0.3, -0.25) is 4.98 Å². The van der Waals surface area contributed by atoms with Crippen LogP contribution >= 0.6 is 11.3 Å². The molecular formula is C13H15N3O3S. The number of pyridine rings is 1. The van der Waals surface area contributed by atoms with E-state index in [2.05, 4.69) is 15.3 Å². The third-order valence-corrected chi connectivity index (χ3v) is 3.27. The molecular weight excluding hydrogens is 278 g/mol. The van der Waals surface area contributed by atoms with Gasteiger partial charge in [0.25, 0.3) is 0 Å². The molecule has 0 aromatic carbocycles. The van der Waals surface area contributed by atoms with Crippen LogP contribution in [0.3, 0.4) is 0 Å². The highest BCUT2D eigenvalue weighted by Gasteiger charge is 2.19. The van der Waals surface area contributed by atoms with Gasteiger partial charge in [0.15, 0.2) is 5.69 Å².